The molecule has 46 heavy (non-hydrogen) atoms. The molecule has 4 heteroatoms. The Morgan fingerprint density at radius 3 is 1.33 bits per heavy atom. The fourth-order valence-electron chi connectivity index (χ4n) is 7.75. The smallest absolute Gasteiger partial charge is 0.318 e. The Hall–Kier alpha value is -4.96. The monoisotopic (exact) mass is 607 g/mol. The Labute approximate surface area is 272 Å². The van der Waals surface area contributed by atoms with Gasteiger partial charge in [0.2, 0.25) is 5.91 Å². The van der Waals surface area contributed by atoms with Gasteiger partial charge in [0, 0.05) is 6.54 Å². The minimum Gasteiger partial charge on any atom is -0.480 e. The molecule has 2 aliphatic carbocycles. The van der Waals surface area contributed by atoms with Gasteiger partial charge in [-0.1, -0.05) is 154 Å². The standard InChI is InChI=1S/C25H25NO.C17H16O2/c1-2-17-25(24(27)26-18-16-19-10-4-3-5-11-19)22-14-8-6-12-20(22)21-13-7-9-15-23(21)25;1-2-11-17(16(18)19)14-9-5-3-7-12(14)13-8-4-6-10-15(13)17/h3-15H,2,16-18H2,1H3,(H,26,27);3-10H,2,11H2,1H3,(H,18,19). The van der Waals surface area contributed by atoms with Gasteiger partial charge >= 0.3 is 5.97 Å². The van der Waals surface area contributed by atoms with E-state index in [9.17, 15) is 14.7 Å². The molecule has 232 valence electrons. The highest BCUT2D eigenvalue weighted by atomic mass is 16.4. The summed E-state index contributed by atoms with van der Waals surface area (Å²) in [6.07, 6.45) is 4.09. The van der Waals surface area contributed by atoms with E-state index in [2.05, 4.69) is 60.8 Å². The normalized spacial score (nSPS) is 14.1. The van der Waals surface area contributed by atoms with E-state index in [1.54, 1.807) is 0 Å². The molecular formula is C42H41NO3. The van der Waals surface area contributed by atoms with Gasteiger partial charge in [0.1, 0.15) is 10.8 Å². The number of fused-ring (bicyclic) bond motifs is 6. The molecule has 0 unspecified atom stereocenters. The summed E-state index contributed by atoms with van der Waals surface area (Å²) in [4.78, 5) is 25.6. The van der Waals surface area contributed by atoms with Crippen molar-refractivity contribution in [1.82, 2.24) is 5.32 Å². The molecule has 7 rings (SSSR count). The van der Waals surface area contributed by atoms with Gasteiger partial charge in [-0.2, -0.15) is 0 Å². The number of carboxylic acids is 1. The first-order valence-corrected chi connectivity index (χ1v) is 16.4. The number of aliphatic carboxylic acids is 1. The zero-order chi connectivity index (χ0) is 32.1. The quantitative estimate of drug-likeness (QED) is 0.176. The third-order valence-corrected chi connectivity index (χ3v) is 9.67. The fourth-order valence-corrected chi connectivity index (χ4v) is 7.75. The number of carbonyl (C=O) groups excluding carboxylic acids is 1. The molecule has 1 amide bonds. The Morgan fingerprint density at radius 2 is 0.913 bits per heavy atom. The van der Waals surface area contributed by atoms with E-state index in [0.717, 1.165) is 59.1 Å². The number of nitrogens with one attached hydrogen (secondary N) is 1. The molecule has 0 bridgehead atoms. The molecule has 0 saturated carbocycles. The minimum atomic E-state index is -0.873. The topological polar surface area (TPSA) is 66.4 Å². The molecule has 0 fully saturated rings. The summed E-state index contributed by atoms with van der Waals surface area (Å²) >= 11 is 0. The molecule has 4 nitrogen and oxygen atoms in total. The van der Waals surface area contributed by atoms with Crippen LogP contribution in [0.2, 0.25) is 0 Å². The Bertz CT molecular complexity index is 1770. The predicted molar refractivity (Wildman–Crippen MR) is 186 cm³/mol. The van der Waals surface area contributed by atoms with Crippen LogP contribution in [0.1, 0.15) is 67.3 Å². The molecular weight excluding hydrogens is 566 g/mol. The van der Waals surface area contributed by atoms with E-state index < -0.39 is 16.8 Å². The van der Waals surface area contributed by atoms with Crippen LogP contribution in [0.3, 0.4) is 0 Å². The molecule has 0 radical (unpaired) electrons. The molecule has 0 saturated heterocycles. The maximum absolute atomic E-state index is 13.6. The molecule has 2 N–H and O–H groups in total. The van der Waals surface area contributed by atoms with Gasteiger partial charge in [-0.3, -0.25) is 9.59 Å². The van der Waals surface area contributed by atoms with Crippen LogP contribution in [0.25, 0.3) is 22.3 Å². The van der Waals surface area contributed by atoms with Gasteiger partial charge in [0.15, 0.2) is 0 Å². The third kappa shape index (κ3) is 5.12. The molecule has 2 aliphatic rings. The second kappa shape index (κ2) is 13.2. The first-order chi connectivity index (χ1) is 22.5. The van der Waals surface area contributed by atoms with Crippen LogP contribution < -0.4 is 5.32 Å². The van der Waals surface area contributed by atoms with E-state index in [4.69, 9.17) is 0 Å². The van der Waals surface area contributed by atoms with Crippen molar-refractivity contribution in [2.75, 3.05) is 6.54 Å². The van der Waals surface area contributed by atoms with E-state index in [1.807, 2.05) is 85.8 Å². The van der Waals surface area contributed by atoms with Gasteiger partial charge in [-0.15, -0.1) is 0 Å². The van der Waals surface area contributed by atoms with Gasteiger partial charge < -0.3 is 10.4 Å². The molecule has 0 heterocycles. The zero-order valence-electron chi connectivity index (χ0n) is 26.6. The summed E-state index contributed by atoms with van der Waals surface area (Å²) in [5.41, 5.74) is 8.46. The van der Waals surface area contributed by atoms with Gasteiger partial charge in [0.25, 0.3) is 0 Å². The highest BCUT2D eigenvalue weighted by Crippen LogP contribution is 2.52. The van der Waals surface area contributed by atoms with Crippen LogP contribution in [0.4, 0.5) is 0 Å². The first kappa shape index (κ1) is 31.0. The van der Waals surface area contributed by atoms with Crippen molar-refractivity contribution in [2.45, 2.75) is 56.8 Å². The summed E-state index contributed by atoms with van der Waals surface area (Å²) in [6, 6.07) is 42.8. The minimum absolute atomic E-state index is 0.123. The first-order valence-electron chi connectivity index (χ1n) is 16.4. The van der Waals surface area contributed by atoms with Crippen molar-refractivity contribution in [3.8, 4) is 22.3 Å². The van der Waals surface area contributed by atoms with Crippen molar-refractivity contribution in [3.63, 3.8) is 0 Å². The number of carbonyl (C=O) groups is 2. The Balaban J connectivity index is 0.000000172. The highest BCUT2D eigenvalue weighted by Gasteiger charge is 2.49. The van der Waals surface area contributed by atoms with Crippen molar-refractivity contribution in [3.05, 3.63) is 155 Å². The van der Waals surface area contributed by atoms with Crippen molar-refractivity contribution >= 4 is 11.9 Å². The van der Waals surface area contributed by atoms with E-state index in [0.29, 0.717) is 13.0 Å². The summed E-state index contributed by atoms with van der Waals surface area (Å²) in [7, 11) is 0. The lowest BCUT2D eigenvalue weighted by Gasteiger charge is -2.30. The average Bonchev–Trinajstić information content (AvgIpc) is 3.55. The number of hydrogen-bond acceptors (Lipinski definition) is 2. The van der Waals surface area contributed by atoms with Crippen LogP contribution in [0, 0.1) is 0 Å². The van der Waals surface area contributed by atoms with Crippen molar-refractivity contribution < 1.29 is 14.7 Å². The molecule has 5 aromatic carbocycles. The van der Waals surface area contributed by atoms with Crippen molar-refractivity contribution in [2.24, 2.45) is 0 Å². The van der Waals surface area contributed by atoms with E-state index in [1.165, 1.54) is 16.7 Å². The van der Waals surface area contributed by atoms with Gasteiger partial charge in [0.05, 0.1) is 0 Å². The van der Waals surface area contributed by atoms with Crippen LogP contribution >= 0.6 is 0 Å². The maximum atomic E-state index is 13.6. The van der Waals surface area contributed by atoms with Crippen molar-refractivity contribution in [1.29, 1.82) is 0 Å². The Morgan fingerprint density at radius 1 is 0.543 bits per heavy atom. The lowest BCUT2D eigenvalue weighted by atomic mass is 9.74. The summed E-state index contributed by atoms with van der Waals surface area (Å²) < 4.78 is 0. The van der Waals surface area contributed by atoms with Crippen LogP contribution in [-0.2, 0) is 26.8 Å². The lowest BCUT2D eigenvalue weighted by molar-refractivity contribution is -0.142. The van der Waals surface area contributed by atoms with Crippen LogP contribution in [0.5, 0.6) is 0 Å². The molecule has 0 aromatic heterocycles. The average molecular weight is 608 g/mol. The summed E-state index contributed by atoms with van der Waals surface area (Å²) in [6.45, 7) is 4.84. The molecule has 0 spiro atoms. The SMILES string of the molecule is CCCC1(C(=O)NCCc2ccccc2)c2ccccc2-c2ccccc21.CCCC1(C(=O)O)c2ccccc2-c2ccccc21. The highest BCUT2D eigenvalue weighted by molar-refractivity contribution is 6.00. The maximum Gasteiger partial charge on any atom is 0.318 e. The van der Waals surface area contributed by atoms with Crippen LogP contribution in [0.15, 0.2) is 127 Å². The summed E-state index contributed by atoms with van der Waals surface area (Å²) in [5, 5.41) is 13.1. The van der Waals surface area contributed by atoms with Crippen LogP contribution in [-0.4, -0.2) is 23.5 Å². The lowest BCUT2D eigenvalue weighted by Crippen LogP contribution is -2.44. The largest absolute Gasteiger partial charge is 0.480 e. The van der Waals surface area contributed by atoms with E-state index in [-0.39, 0.29) is 5.91 Å². The number of rotatable bonds is 9. The van der Waals surface area contributed by atoms with Gasteiger partial charge in [-0.25, -0.2) is 0 Å². The zero-order valence-corrected chi connectivity index (χ0v) is 26.6. The Kier molecular flexibility index (Phi) is 8.90. The summed E-state index contributed by atoms with van der Waals surface area (Å²) in [5.74, 6) is -0.621. The third-order valence-electron chi connectivity index (χ3n) is 9.67. The second-order valence-corrected chi connectivity index (χ2v) is 12.3. The fraction of sp³-hybridized carbons (Fsp3) is 0.238. The molecule has 0 aliphatic heterocycles. The van der Waals surface area contributed by atoms with Gasteiger partial charge in [-0.05, 0) is 69.3 Å². The van der Waals surface area contributed by atoms with E-state index >= 15 is 0 Å². The number of carboxylic acid groups (broad SMARTS) is 1. The molecule has 5 aromatic rings. The second-order valence-electron chi connectivity index (χ2n) is 12.3. The number of amides is 1. The predicted octanol–water partition coefficient (Wildman–Crippen LogP) is 8.95. The molecule has 0 atom stereocenters. The number of hydrogen-bond donors (Lipinski definition) is 2. The number of benzene rings is 5.